The van der Waals surface area contributed by atoms with Crippen LogP contribution in [-0.4, -0.2) is 23.4 Å². The van der Waals surface area contributed by atoms with E-state index in [1.54, 1.807) is 0 Å². The Morgan fingerprint density at radius 1 is 1.22 bits per heavy atom. The van der Waals surface area contributed by atoms with Crippen LogP contribution in [0.4, 0.5) is 0 Å². The minimum Gasteiger partial charge on any atom is -0.370 e. The molecule has 1 aliphatic heterocycles. The fourth-order valence-electron chi connectivity index (χ4n) is 3.37. The highest BCUT2D eigenvalue weighted by atomic mass is 15.3. The van der Waals surface area contributed by atoms with Gasteiger partial charge in [-0.05, 0) is 30.7 Å². The molecule has 0 bridgehead atoms. The van der Waals surface area contributed by atoms with E-state index < -0.39 is 0 Å². The van der Waals surface area contributed by atoms with Crippen LogP contribution in [0.3, 0.4) is 0 Å². The van der Waals surface area contributed by atoms with Gasteiger partial charge < -0.3 is 10.6 Å². The van der Waals surface area contributed by atoms with Crippen molar-refractivity contribution in [1.29, 1.82) is 0 Å². The molecule has 1 saturated carbocycles. The molecule has 3 rings (SSSR count). The molecular weight excluding hydrogens is 222 g/mol. The highest BCUT2D eigenvalue weighted by molar-refractivity contribution is 5.78. The van der Waals surface area contributed by atoms with E-state index in [-0.39, 0.29) is 0 Å². The number of hydrogen-bond donors (Lipinski definition) is 1. The molecule has 18 heavy (non-hydrogen) atoms. The van der Waals surface area contributed by atoms with Crippen molar-refractivity contribution in [2.24, 2.45) is 16.6 Å². The topological polar surface area (TPSA) is 41.6 Å². The molecule has 2 unspecified atom stereocenters. The third kappa shape index (κ3) is 2.22. The predicted molar refractivity (Wildman–Crippen MR) is 74.2 cm³/mol. The van der Waals surface area contributed by atoms with Crippen molar-refractivity contribution in [1.82, 2.24) is 4.90 Å². The summed E-state index contributed by atoms with van der Waals surface area (Å²) in [6.45, 7) is 1.79. The van der Waals surface area contributed by atoms with E-state index in [1.165, 1.54) is 31.2 Å². The summed E-state index contributed by atoms with van der Waals surface area (Å²) in [5.74, 6) is 1.61. The number of fused-ring (bicyclic) bond motifs is 1. The number of guanidine groups is 1. The first-order valence-corrected chi connectivity index (χ1v) is 6.95. The monoisotopic (exact) mass is 243 g/mol. The first kappa shape index (κ1) is 11.6. The number of nitrogens with zero attached hydrogens (tertiary/aromatic N) is 2. The van der Waals surface area contributed by atoms with Crippen molar-refractivity contribution in [2.45, 2.75) is 38.3 Å². The smallest absolute Gasteiger partial charge is 0.191 e. The number of hydrogen-bond acceptors (Lipinski definition) is 1. The summed E-state index contributed by atoms with van der Waals surface area (Å²) in [5, 5.41) is 0. The predicted octanol–water partition coefficient (Wildman–Crippen LogP) is 2.38. The Labute approximate surface area is 109 Å². The minimum absolute atomic E-state index is 0.671. The van der Waals surface area contributed by atoms with E-state index in [0.29, 0.717) is 12.6 Å². The van der Waals surface area contributed by atoms with Gasteiger partial charge in [-0.25, -0.2) is 4.99 Å². The van der Waals surface area contributed by atoms with Crippen LogP contribution >= 0.6 is 0 Å². The Kier molecular flexibility index (Phi) is 3.22. The van der Waals surface area contributed by atoms with Crippen molar-refractivity contribution < 1.29 is 0 Å². The number of aliphatic imine (C=N–C) groups is 1. The summed E-state index contributed by atoms with van der Waals surface area (Å²) < 4.78 is 0. The molecule has 1 aromatic carbocycles. The van der Waals surface area contributed by atoms with E-state index >= 15 is 0 Å². The van der Waals surface area contributed by atoms with E-state index in [4.69, 9.17) is 5.73 Å². The molecule has 0 aromatic heterocycles. The van der Waals surface area contributed by atoms with Crippen molar-refractivity contribution in [3.63, 3.8) is 0 Å². The maximum Gasteiger partial charge on any atom is 0.191 e. The SMILES string of the molecule is NC(=NCc1ccccc1)N1CCC2CCCC21. The van der Waals surface area contributed by atoms with Gasteiger partial charge in [0.25, 0.3) is 0 Å². The average molecular weight is 243 g/mol. The lowest BCUT2D eigenvalue weighted by molar-refractivity contribution is 0.360. The molecule has 1 aromatic rings. The van der Waals surface area contributed by atoms with Gasteiger partial charge >= 0.3 is 0 Å². The molecule has 2 fully saturated rings. The molecule has 3 heteroatoms. The molecular formula is C15H21N3. The van der Waals surface area contributed by atoms with Crippen LogP contribution in [0.15, 0.2) is 35.3 Å². The van der Waals surface area contributed by atoms with Crippen molar-refractivity contribution in [3.8, 4) is 0 Å². The van der Waals surface area contributed by atoms with E-state index in [2.05, 4.69) is 22.0 Å². The van der Waals surface area contributed by atoms with Crippen LogP contribution in [0.1, 0.15) is 31.2 Å². The van der Waals surface area contributed by atoms with Gasteiger partial charge in [0.1, 0.15) is 0 Å². The molecule has 1 aliphatic carbocycles. The molecule has 0 spiro atoms. The van der Waals surface area contributed by atoms with Gasteiger partial charge in [-0.3, -0.25) is 0 Å². The number of likely N-dealkylation sites (tertiary alicyclic amines) is 1. The zero-order chi connectivity index (χ0) is 12.4. The van der Waals surface area contributed by atoms with Crippen LogP contribution in [0, 0.1) is 5.92 Å². The number of benzene rings is 1. The van der Waals surface area contributed by atoms with Crippen LogP contribution in [0.25, 0.3) is 0 Å². The van der Waals surface area contributed by atoms with Gasteiger partial charge in [0.2, 0.25) is 0 Å². The normalized spacial score (nSPS) is 27.6. The number of nitrogens with two attached hydrogens (primary N) is 1. The fourth-order valence-corrected chi connectivity index (χ4v) is 3.37. The number of rotatable bonds is 2. The highest BCUT2D eigenvalue weighted by Gasteiger charge is 2.38. The fraction of sp³-hybridized carbons (Fsp3) is 0.533. The molecule has 1 heterocycles. The Morgan fingerprint density at radius 3 is 2.89 bits per heavy atom. The van der Waals surface area contributed by atoms with Crippen molar-refractivity contribution in [2.75, 3.05) is 6.54 Å². The standard InChI is InChI=1S/C15H21N3/c16-15(17-11-12-5-2-1-3-6-12)18-10-9-13-7-4-8-14(13)18/h1-3,5-6,13-14H,4,7-11H2,(H2,16,17). The summed E-state index contributed by atoms with van der Waals surface area (Å²) in [6, 6.07) is 11.0. The summed E-state index contributed by atoms with van der Waals surface area (Å²) in [4.78, 5) is 6.89. The van der Waals surface area contributed by atoms with Crippen molar-refractivity contribution >= 4 is 5.96 Å². The maximum absolute atomic E-state index is 6.16. The third-order valence-electron chi connectivity index (χ3n) is 4.32. The molecule has 96 valence electrons. The van der Waals surface area contributed by atoms with Gasteiger partial charge in [0.15, 0.2) is 5.96 Å². The Hall–Kier alpha value is -1.51. The highest BCUT2D eigenvalue weighted by Crippen LogP contribution is 2.37. The molecule has 2 aliphatic rings. The molecule has 2 atom stereocenters. The van der Waals surface area contributed by atoms with Gasteiger partial charge in [-0.1, -0.05) is 36.8 Å². The molecule has 3 nitrogen and oxygen atoms in total. The van der Waals surface area contributed by atoms with Crippen LogP contribution in [0.2, 0.25) is 0 Å². The zero-order valence-corrected chi connectivity index (χ0v) is 10.8. The van der Waals surface area contributed by atoms with Crippen LogP contribution in [0.5, 0.6) is 0 Å². The van der Waals surface area contributed by atoms with E-state index in [1.807, 2.05) is 18.2 Å². The van der Waals surface area contributed by atoms with E-state index in [9.17, 15) is 0 Å². The lowest BCUT2D eigenvalue weighted by Crippen LogP contribution is -2.41. The minimum atomic E-state index is 0.671. The summed E-state index contributed by atoms with van der Waals surface area (Å²) >= 11 is 0. The Morgan fingerprint density at radius 2 is 2.06 bits per heavy atom. The van der Waals surface area contributed by atoms with Gasteiger partial charge in [-0.15, -0.1) is 0 Å². The Balaban J connectivity index is 1.65. The summed E-state index contributed by atoms with van der Waals surface area (Å²) in [5.41, 5.74) is 7.38. The molecule has 1 saturated heterocycles. The van der Waals surface area contributed by atoms with Crippen LogP contribution < -0.4 is 5.73 Å². The first-order chi connectivity index (χ1) is 8.84. The first-order valence-electron chi connectivity index (χ1n) is 6.95. The van der Waals surface area contributed by atoms with Gasteiger partial charge in [0, 0.05) is 12.6 Å². The lowest BCUT2D eigenvalue weighted by Gasteiger charge is -2.24. The quantitative estimate of drug-likeness (QED) is 0.640. The molecule has 0 radical (unpaired) electrons. The van der Waals surface area contributed by atoms with Gasteiger partial charge in [0.05, 0.1) is 6.54 Å². The van der Waals surface area contributed by atoms with Gasteiger partial charge in [-0.2, -0.15) is 0 Å². The second-order valence-corrected chi connectivity index (χ2v) is 5.40. The molecule has 2 N–H and O–H groups in total. The third-order valence-corrected chi connectivity index (χ3v) is 4.32. The van der Waals surface area contributed by atoms with E-state index in [0.717, 1.165) is 18.4 Å². The average Bonchev–Trinajstić information content (AvgIpc) is 2.99. The second kappa shape index (κ2) is 5.01. The lowest BCUT2D eigenvalue weighted by atomic mass is 10.1. The second-order valence-electron chi connectivity index (χ2n) is 5.40. The summed E-state index contributed by atoms with van der Waals surface area (Å²) in [6.07, 6.45) is 5.34. The molecule has 0 amide bonds. The Bertz CT molecular complexity index is 427. The zero-order valence-electron chi connectivity index (χ0n) is 10.8. The largest absolute Gasteiger partial charge is 0.370 e. The maximum atomic E-state index is 6.16. The van der Waals surface area contributed by atoms with Crippen molar-refractivity contribution in [3.05, 3.63) is 35.9 Å². The van der Waals surface area contributed by atoms with Crippen LogP contribution in [-0.2, 0) is 6.54 Å². The summed E-state index contributed by atoms with van der Waals surface area (Å²) in [7, 11) is 0.